The standard InChI is InChI=1S/C59H52N4O6S2/c1-38(2)66-31-33-68-45-22-18-43(19-23-45)62-51-9-5-7-11-55(51)70-57-35-40(15-29-53(57)62)13-26-47-48(61-50-37-42(59(64)65)17-28-49(50)60-47)27-14-41-16-30-54-58(36-41)71-56-12-8-6-10-52(56)63(54)44-20-24-46(25-21-44)69-34-32-67-39(3)4/h5-30,35-39H,31-34H2,1-4H3,(H,64,65)/b26-13+,27-14+. The molecule has 8 aromatic rings. The van der Waals surface area contributed by atoms with Gasteiger partial charge < -0.3 is 33.9 Å². The van der Waals surface area contributed by atoms with Crippen LogP contribution in [0.5, 0.6) is 11.5 Å². The molecule has 0 bridgehead atoms. The maximum absolute atomic E-state index is 12.0. The number of rotatable bonds is 17. The minimum atomic E-state index is -1.02. The van der Waals surface area contributed by atoms with Crippen molar-refractivity contribution in [2.75, 3.05) is 36.2 Å². The van der Waals surface area contributed by atoms with Crippen LogP contribution in [0, 0.1) is 0 Å². The van der Waals surface area contributed by atoms with E-state index in [9.17, 15) is 9.90 Å². The zero-order chi connectivity index (χ0) is 48.8. The van der Waals surface area contributed by atoms with Crippen molar-refractivity contribution in [1.82, 2.24) is 9.97 Å². The lowest BCUT2D eigenvalue weighted by molar-refractivity contribution is 0.0552. The van der Waals surface area contributed by atoms with Crippen LogP contribution in [0.15, 0.2) is 171 Å². The van der Waals surface area contributed by atoms with E-state index in [-0.39, 0.29) is 17.8 Å². The quantitative estimate of drug-likeness (QED) is 0.0878. The number of hydrogen-bond donors (Lipinski definition) is 1. The highest BCUT2D eigenvalue weighted by molar-refractivity contribution is 8.00. The Morgan fingerprint density at radius 3 is 1.42 bits per heavy atom. The Morgan fingerprint density at radius 2 is 0.958 bits per heavy atom. The molecular formula is C59H52N4O6S2. The Kier molecular flexibility index (Phi) is 14.2. The van der Waals surface area contributed by atoms with Gasteiger partial charge in [-0.05, 0) is 166 Å². The summed E-state index contributed by atoms with van der Waals surface area (Å²) in [5.41, 5.74) is 10.9. The normalized spacial score (nSPS) is 12.9. The van der Waals surface area contributed by atoms with Crippen molar-refractivity contribution in [3.8, 4) is 11.5 Å². The third kappa shape index (κ3) is 10.9. The predicted molar refractivity (Wildman–Crippen MR) is 288 cm³/mol. The number of para-hydroxylation sites is 2. The summed E-state index contributed by atoms with van der Waals surface area (Å²) in [7, 11) is 0. The molecule has 2 aliphatic rings. The van der Waals surface area contributed by atoms with E-state index >= 15 is 0 Å². The molecule has 71 heavy (non-hydrogen) atoms. The van der Waals surface area contributed by atoms with Crippen LogP contribution >= 0.6 is 23.5 Å². The van der Waals surface area contributed by atoms with Crippen LogP contribution in [0.2, 0.25) is 0 Å². The maximum Gasteiger partial charge on any atom is 0.335 e. The van der Waals surface area contributed by atoms with Crippen LogP contribution in [0.4, 0.5) is 34.1 Å². The molecule has 0 unspecified atom stereocenters. The predicted octanol–water partition coefficient (Wildman–Crippen LogP) is 15.1. The van der Waals surface area contributed by atoms with Gasteiger partial charge in [-0.2, -0.15) is 0 Å². The van der Waals surface area contributed by atoms with Crippen LogP contribution in [0.3, 0.4) is 0 Å². The van der Waals surface area contributed by atoms with Gasteiger partial charge in [0.25, 0.3) is 0 Å². The fraction of sp³-hybridized carbons (Fsp3) is 0.169. The van der Waals surface area contributed by atoms with Crippen molar-refractivity contribution in [3.05, 3.63) is 180 Å². The zero-order valence-electron chi connectivity index (χ0n) is 39.8. The van der Waals surface area contributed by atoms with Crippen molar-refractivity contribution in [2.24, 2.45) is 0 Å². The molecule has 0 radical (unpaired) electrons. The number of ether oxygens (including phenoxy) is 4. The first-order chi connectivity index (χ1) is 34.6. The number of carboxylic acid groups (broad SMARTS) is 1. The van der Waals surface area contributed by atoms with Crippen molar-refractivity contribution < 1.29 is 28.8 Å². The van der Waals surface area contributed by atoms with E-state index in [0.717, 1.165) is 76.3 Å². The summed E-state index contributed by atoms with van der Waals surface area (Å²) in [6, 6.07) is 51.0. The monoisotopic (exact) mass is 976 g/mol. The van der Waals surface area contributed by atoms with Crippen LogP contribution in [-0.2, 0) is 9.47 Å². The minimum absolute atomic E-state index is 0.152. The van der Waals surface area contributed by atoms with E-state index < -0.39 is 5.97 Å². The lowest BCUT2D eigenvalue weighted by atomic mass is 10.1. The number of aromatic carboxylic acids is 1. The second kappa shape index (κ2) is 21.3. The second-order valence-corrected chi connectivity index (χ2v) is 19.6. The van der Waals surface area contributed by atoms with E-state index in [1.807, 2.05) is 70.2 Å². The Balaban J connectivity index is 0.935. The molecule has 356 valence electrons. The molecule has 0 saturated carbocycles. The van der Waals surface area contributed by atoms with Crippen molar-refractivity contribution in [2.45, 2.75) is 59.5 Å². The van der Waals surface area contributed by atoms with Gasteiger partial charge in [0.2, 0.25) is 0 Å². The number of nitrogens with zero attached hydrogens (tertiary/aromatic N) is 4. The summed E-state index contributed by atoms with van der Waals surface area (Å²) >= 11 is 3.48. The van der Waals surface area contributed by atoms with Gasteiger partial charge in [0.05, 0.1) is 76.2 Å². The molecule has 0 saturated heterocycles. The van der Waals surface area contributed by atoms with Crippen molar-refractivity contribution >= 4 is 99.0 Å². The summed E-state index contributed by atoms with van der Waals surface area (Å²) in [6.45, 7) is 10.1. The number of fused-ring (bicyclic) bond motifs is 5. The third-order valence-electron chi connectivity index (χ3n) is 11.7. The maximum atomic E-state index is 12.0. The van der Waals surface area contributed by atoms with Crippen LogP contribution in [0.25, 0.3) is 35.3 Å². The Morgan fingerprint density at radius 1 is 0.507 bits per heavy atom. The molecule has 1 N–H and O–H groups in total. The van der Waals surface area contributed by atoms with Crippen LogP contribution < -0.4 is 19.3 Å². The van der Waals surface area contributed by atoms with E-state index in [1.54, 1.807) is 41.7 Å². The molecule has 2 aliphatic heterocycles. The topological polar surface area (TPSA) is 106 Å². The summed E-state index contributed by atoms with van der Waals surface area (Å²) in [6.07, 6.45) is 8.36. The van der Waals surface area contributed by atoms with Gasteiger partial charge in [-0.25, -0.2) is 14.8 Å². The molecule has 0 atom stereocenters. The van der Waals surface area contributed by atoms with Gasteiger partial charge in [0, 0.05) is 31.0 Å². The average molecular weight is 977 g/mol. The summed E-state index contributed by atoms with van der Waals surface area (Å²) in [4.78, 5) is 31.1. The fourth-order valence-electron chi connectivity index (χ4n) is 8.39. The SMILES string of the molecule is CC(C)OCCOc1ccc(N2c3ccccc3Sc3cc(/C=C/c4nc5ccc(C(=O)O)cc5nc4/C=C/c4ccc5c(c4)Sc4ccccc4N5c4ccc(OCCOC(C)C)cc4)ccc32)cc1. The average Bonchev–Trinajstić information content (AvgIpc) is 3.38. The number of hydrogen-bond acceptors (Lipinski definition) is 11. The van der Waals surface area contributed by atoms with Gasteiger partial charge >= 0.3 is 5.97 Å². The first-order valence-electron chi connectivity index (χ1n) is 23.7. The highest BCUT2D eigenvalue weighted by atomic mass is 32.2. The molecule has 0 fully saturated rings. The van der Waals surface area contributed by atoms with E-state index in [0.29, 0.717) is 48.8 Å². The molecule has 10 rings (SSSR count). The molecule has 0 amide bonds. The molecule has 0 aliphatic carbocycles. The highest BCUT2D eigenvalue weighted by Crippen LogP contribution is 2.53. The fourth-order valence-corrected chi connectivity index (χ4v) is 10.6. The van der Waals surface area contributed by atoms with E-state index in [4.69, 9.17) is 28.9 Å². The molecule has 0 spiro atoms. The first-order valence-corrected chi connectivity index (χ1v) is 25.3. The van der Waals surface area contributed by atoms with Gasteiger partial charge in [-0.15, -0.1) is 0 Å². The molecule has 3 heterocycles. The summed E-state index contributed by atoms with van der Waals surface area (Å²) in [5.74, 6) is 0.566. The first kappa shape index (κ1) is 47.3. The summed E-state index contributed by atoms with van der Waals surface area (Å²) < 4.78 is 23.2. The third-order valence-corrected chi connectivity index (χ3v) is 14.0. The number of benzene rings is 7. The number of carboxylic acids is 1. The van der Waals surface area contributed by atoms with Gasteiger partial charge in [-0.1, -0.05) is 72.1 Å². The zero-order valence-corrected chi connectivity index (χ0v) is 41.5. The van der Waals surface area contributed by atoms with Gasteiger partial charge in [0.1, 0.15) is 24.7 Å². The highest BCUT2D eigenvalue weighted by Gasteiger charge is 2.26. The summed E-state index contributed by atoms with van der Waals surface area (Å²) in [5, 5.41) is 9.83. The van der Waals surface area contributed by atoms with Crippen molar-refractivity contribution in [1.29, 1.82) is 0 Å². The van der Waals surface area contributed by atoms with Crippen molar-refractivity contribution in [3.63, 3.8) is 0 Å². The molecule has 1 aromatic heterocycles. The Labute approximate surface area is 422 Å². The number of carbonyl (C=O) groups is 1. The minimum Gasteiger partial charge on any atom is -0.491 e. The Bertz CT molecular complexity index is 3280. The smallest absolute Gasteiger partial charge is 0.335 e. The van der Waals surface area contributed by atoms with Crippen LogP contribution in [0.1, 0.15) is 60.6 Å². The molecule has 12 heteroatoms. The number of aromatic nitrogens is 2. The molecule has 10 nitrogen and oxygen atoms in total. The van der Waals surface area contributed by atoms with E-state index in [1.165, 1.54) is 0 Å². The largest absolute Gasteiger partial charge is 0.491 e. The van der Waals surface area contributed by atoms with Gasteiger partial charge in [0.15, 0.2) is 0 Å². The second-order valence-electron chi connectivity index (χ2n) is 17.5. The van der Waals surface area contributed by atoms with Gasteiger partial charge in [-0.3, -0.25) is 0 Å². The number of anilines is 6. The van der Waals surface area contributed by atoms with Crippen LogP contribution in [-0.4, -0.2) is 59.7 Å². The lowest BCUT2D eigenvalue weighted by Crippen LogP contribution is -2.15. The van der Waals surface area contributed by atoms with E-state index in [2.05, 4.69) is 125 Å². The molecular weight excluding hydrogens is 925 g/mol. The molecule has 7 aromatic carbocycles. The lowest BCUT2D eigenvalue weighted by Gasteiger charge is -2.33. The Hall–Kier alpha value is -7.35.